The van der Waals surface area contributed by atoms with Crippen LogP contribution in [0, 0.1) is 0 Å². The van der Waals surface area contributed by atoms with Crippen molar-refractivity contribution in [2.75, 3.05) is 14.1 Å². The van der Waals surface area contributed by atoms with E-state index in [-0.39, 0.29) is 0 Å². The smallest absolute Gasteiger partial charge is 0.0460 e. The molecular formula is C17H18N2. The van der Waals surface area contributed by atoms with Gasteiger partial charge in [-0.1, -0.05) is 36.4 Å². The minimum Gasteiger partial charge on any atom is -0.361 e. The summed E-state index contributed by atoms with van der Waals surface area (Å²) in [5.74, 6) is 0. The molecule has 0 saturated heterocycles. The van der Waals surface area contributed by atoms with Gasteiger partial charge >= 0.3 is 0 Å². The number of fused-ring (bicyclic) bond motifs is 1. The molecule has 2 heteroatoms. The van der Waals surface area contributed by atoms with E-state index in [1.165, 1.54) is 27.6 Å². The highest BCUT2D eigenvalue weighted by Gasteiger charge is 2.01. The molecular weight excluding hydrogens is 232 g/mol. The predicted molar refractivity (Wildman–Crippen MR) is 81.1 cm³/mol. The third-order valence-corrected chi connectivity index (χ3v) is 3.34. The third-order valence-electron chi connectivity index (χ3n) is 3.34. The van der Waals surface area contributed by atoms with Crippen molar-refractivity contribution >= 4 is 10.9 Å². The van der Waals surface area contributed by atoms with Gasteiger partial charge in [-0.15, -0.1) is 0 Å². The predicted octanol–water partition coefficient (Wildman–Crippen LogP) is 3.90. The monoisotopic (exact) mass is 250 g/mol. The van der Waals surface area contributed by atoms with Gasteiger partial charge in [-0.2, -0.15) is 0 Å². The van der Waals surface area contributed by atoms with Gasteiger partial charge < -0.3 is 9.88 Å². The molecule has 0 saturated carbocycles. The van der Waals surface area contributed by atoms with E-state index >= 15 is 0 Å². The molecule has 96 valence electrons. The number of hydrogen-bond donors (Lipinski definition) is 1. The Bertz CT molecular complexity index is 678. The molecule has 0 unspecified atom stereocenters. The first-order valence-corrected chi connectivity index (χ1v) is 6.53. The first kappa shape index (κ1) is 12.0. The molecule has 19 heavy (non-hydrogen) atoms. The lowest BCUT2D eigenvalue weighted by Crippen LogP contribution is -2.10. The zero-order chi connectivity index (χ0) is 13.2. The second kappa shape index (κ2) is 4.90. The fourth-order valence-electron chi connectivity index (χ4n) is 2.40. The summed E-state index contributed by atoms with van der Waals surface area (Å²) in [5, 5.41) is 1.26. The second-order valence-corrected chi connectivity index (χ2v) is 5.21. The minimum atomic E-state index is 0.982. The largest absolute Gasteiger partial charge is 0.361 e. The summed E-state index contributed by atoms with van der Waals surface area (Å²) in [7, 11) is 4.18. The maximum Gasteiger partial charge on any atom is 0.0460 e. The van der Waals surface area contributed by atoms with Crippen LogP contribution < -0.4 is 0 Å². The molecule has 0 spiro atoms. The van der Waals surface area contributed by atoms with E-state index in [9.17, 15) is 0 Å². The fraction of sp³-hybridized carbons (Fsp3) is 0.176. The van der Waals surface area contributed by atoms with Gasteiger partial charge in [-0.25, -0.2) is 0 Å². The summed E-state index contributed by atoms with van der Waals surface area (Å²) in [6.07, 6.45) is 1.98. The normalized spacial score (nSPS) is 11.3. The molecule has 2 aromatic carbocycles. The fourth-order valence-corrected chi connectivity index (χ4v) is 2.40. The SMILES string of the molecule is CN(C)Cc1ccc(-c2ccc3cc[nH]c3c2)cc1. The Morgan fingerprint density at radius 3 is 2.37 bits per heavy atom. The maximum absolute atomic E-state index is 3.26. The summed E-state index contributed by atoms with van der Waals surface area (Å²) in [4.78, 5) is 5.44. The molecule has 1 heterocycles. The summed E-state index contributed by atoms with van der Waals surface area (Å²) in [6.45, 7) is 0.982. The Morgan fingerprint density at radius 2 is 1.63 bits per heavy atom. The molecule has 0 bridgehead atoms. The number of H-pyrrole nitrogens is 1. The lowest BCUT2D eigenvalue weighted by Gasteiger charge is -2.10. The van der Waals surface area contributed by atoms with Crippen molar-refractivity contribution in [3.63, 3.8) is 0 Å². The van der Waals surface area contributed by atoms with Crippen molar-refractivity contribution < 1.29 is 0 Å². The zero-order valence-corrected chi connectivity index (χ0v) is 11.4. The van der Waals surface area contributed by atoms with Crippen LogP contribution >= 0.6 is 0 Å². The lowest BCUT2D eigenvalue weighted by atomic mass is 10.0. The highest BCUT2D eigenvalue weighted by Crippen LogP contribution is 2.24. The number of nitrogens with zero attached hydrogens (tertiary/aromatic N) is 1. The Balaban J connectivity index is 1.92. The molecule has 0 aliphatic carbocycles. The van der Waals surface area contributed by atoms with Crippen molar-refractivity contribution in [2.24, 2.45) is 0 Å². The van der Waals surface area contributed by atoms with Crippen LogP contribution in [0.15, 0.2) is 54.7 Å². The van der Waals surface area contributed by atoms with Crippen LogP contribution in [0.4, 0.5) is 0 Å². The van der Waals surface area contributed by atoms with Crippen molar-refractivity contribution in [3.05, 3.63) is 60.3 Å². The highest BCUT2D eigenvalue weighted by molar-refractivity contribution is 5.84. The molecule has 0 amide bonds. The number of hydrogen-bond acceptors (Lipinski definition) is 1. The second-order valence-electron chi connectivity index (χ2n) is 5.21. The van der Waals surface area contributed by atoms with Crippen LogP contribution in [-0.2, 0) is 6.54 Å². The zero-order valence-electron chi connectivity index (χ0n) is 11.4. The van der Waals surface area contributed by atoms with Gasteiger partial charge in [0.05, 0.1) is 0 Å². The van der Waals surface area contributed by atoms with E-state index in [0.717, 1.165) is 6.54 Å². The van der Waals surface area contributed by atoms with E-state index in [1.807, 2.05) is 6.20 Å². The average molecular weight is 250 g/mol. The van der Waals surface area contributed by atoms with E-state index in [4.69, 9.17) is 0 Å². The van der Waals surface area contributed by atoms with Crippen molar-refractivity contribution in [2.45, 2.75) is 6.54 Å². The van der Waals surface area contributed by atoms with Gasteiger partial charge in [0.25, 0.3) is 0 Å². The molecule has 0 aliphatic rings. The van der Waals surface area contributed by atoms with Gasteiger partial charge in [0.1, 0.15) is 0 Å². The van der Waals surface area contributed by atoms with E-state index in [1.54, 1.807) is 0 Å². The quantitative estimate of drug-likeness (QED) is 0.747. The van der Waals surface area contributed by atoms with Crippen LogP contribution in [0.3, 0.4) is 0 Å². The van der Waals surface area contributed by atoms with Crippen LogP contribution in [0.25, 0.3) is 22.0 Å². The Labute approximate surface area is 113 Å². The molecule has 0 aliphatic heterocycles. The topological polar surface area (TPSA) is 19.0 Å². The third kappa shape index (κ3) is 2.54. The first-order chi connectivity index (χ1) is 9.22. The molecule has 0 atom stereocenters. The van der Waals surface area contributed by atoms with E-state index in [0.29, 0.717) is 0 Å². The van der Waals surface area contributed by atoms with Crippen LogP contribution in [0.2, 0.25) is 0 Å². The summed E-state index contributed by atoms with van der Waals surface area (Å²) in [6, 6.07) is 17.4. The molecule has 3 aromatic rings. The number of rotatable bonds is 3. The van der Waals surface area contributed by atoms with Gasteiger partial charge in [-0.05, 0) is 48.3 Å². The highest BCUT2D eigenvalue weighted by atomic mass is 15.0. The average Bonchev–Trinajstić information content (AvgIpc) is 2.86. The molecule has 2 nitrogen and oxygen atoms in total. The lowest BCUT2D eigenvalue weighted by molar-refractivity contribution is 0.402. The minimum absolute atomic E-state index is 0.982. The van der Waals surface area contributed by atoms with Crippen LogP contribution in [0.1, 0.15) is 5.56 Å². The first-order valence-electron chi connectivity index (χ1n) is 6.53. The van der Waals surface area contributed by atoms with Crippen LogP contribution in [0.5, 0.6) is 0 Å². The summed E-state index contributed by atoms with van der Waals surface area (Å²) >= 11 is 0. The van der Waals surface area contributed by atoms with Crippen molar-refractivity contribution in [1.29, 1.82) is 0 Å². The Hall–Kier alpha value is -2.06. The van der Waals surface area contributed by atoms with E-state index < -0.39 is 0 Å². The summed E-state index contributed by atoms with van der Waals surface area (Å²) in [5.41, 5.74) is 5.05. The molecule has 0 fully saturated rings. The Morgan fingerprint density at radius 1 is 0.895 bits per heavy atom. The van der Waals surface area contributed by atoms with Gasteiger partial charge in [0, 0.05) is 18.3 Å². The van der Waals surface area contributed by atoms with Crippen molar-refractivity contribution in [1.82, 2.24) is 9.88 Å². The molecule has 3 rings (SSSR count). The van der Waals surface area contributed by atoms with Crippen molar-refractivity contribution in [3.8, 4) is 11.1 Å². The van der Waals surface area contributed by atoms with E-state index in [2.05, 4.69) is 72.5 Å². The number of benzene rings is 2. The van der Waals surface area contributed by atoms with Gasteiger partial charge in [-0.3, -0.25) is 0 Å². The number of nitrogens with one attached hydrogen (secondary N) is 1. The molecule has 1 aromatic heterocycles. The molecule has 1 N–H and O–H groups in total. The number of aromatic nitrogens is 1. The Kier molecular flexibility index (Phi) is 3.10. The van der Waals surface area contributed by atoms with Gasteiger partial charge in [0.15, 0.2) is 0 Å². The maximum atomic E-state index is 3.26. The van der Waals surface area contributed by atoms with Gasteiger partial charge in [0.2, 0.25) is 0 Å². The molecule has 0 radical (unpaired) electrons. The number of aromatic amines is 1. The summed E-state index contributed by atoms with van der Waals surface area (Å²) < 4.78 is 0. The van der Waals surface area contributed by atoms with Crippen LogP contribution in [-0.4, -0.2) is 24.0 Å². The standard InChI is InChI=1S/C17H18N2/c1-19(2)12-13-3-5-14(6-4-13)16-8-7-15-9-10-18-17(15)11-16/h3-11,18H,12H2,1-2H3.